The van der Waals surface area contributed by atoms with Crippen molar-refractivity contribution in [2.45, 2.75) is 19.3 Å². The number of rotatable bonds is 3. The Labute approximate surface area is 73.2 Å². The van der Waals surface area contributed by atoms with Crippen LogP contribution in [-0.2, 0) is 14.3 Å². The first-order valence-corrected chi connectivity index (χ1v) is 6.22. The molecule has 0 aromatic rings. The van der Waals surface area contributed by atoms with Crippen LogP contribution in [0.2, 0.25) is 0 Å². The molecule has 3 nitrogen and oxygen atoms in total. The van der Waals surface area contributed by atoms with E-state index in [1.165, 1.54) is 19.3 Å². The van der Waals surface area contributed by atoms with Crippen LogP contribution in [0.4, 0.5) is 0 Å². The lowest BCUT2D eigenvalue weighted by Crippen LogP contribution is -2.32. The summed E-state index contributed by atoms with van der Waals surface area (Å²) in [5.74, 6) is 2.06. The molecule has 2 unspecified atom stereocenters. The first-order valence-electron chi connectivity index (χ1n) is 4.40. The van der Waals surface area contributed by atoms with Crippen molar-refractivity contribution in [1.82, 2.24) is 0 Å². The molecular formula is C8H14O3S. The van der Waals surface area contributed by atoms with Gasteiger partial charge in [-0.05, 0) is 37.0 Å². The van der Waals surface area contributed by atoms with Crippen molar-refractivity contribution in [2.24, 2.45) is 17.8 Å². The number of hydrogen-bond acceptors (Lipinski definition) is 3. The van der Waals surface area contributed by atoms with Gasteiger partial charge in [-0.1, -0.05) is 0 Å². The van der Waals surface area contributed by atoms with Crippen LogP contribution in [0.3, 0.4) is 0 Å². The van der Waals surface area contributed by atoms with E-state index in [-0.39, 0.29) is 0 Å². The molecule has 12 heavy (non-hydrogen) atoms. The number of hydrogen-bond donors (Lipinski definition) is 0. The normalized spacial score (nSPS) is 39.6. The number of fused-ring (bicyclic) bond motifs is 1. The molecule has 0 amide bonds. The highest BCUT2D eigenvalue weighted by molar-refractivity contribution is 7.85. The lowest BCUT2D eigenvalue weighted by Gasteiger charge is -2.34. The second kappa shape index (κ2) is 2.70. The van der Waals surface area contributed by atoms with Gasteiger partial charge < -0.3 is 0 Å². The summed E-state index contributed by atoms with van der Waals surface area (Å²) in [6.07, 6.45) is 4.98. The molecule has 0 spiro atoms. The monoisotopic (exact) mass is 190 g/mol. The summed E-state index contributed by atoms with van der Waals surface area (Å²) in [6.45, 7) is 0.425. The van der Waals surface area contributed by atoms with Gasteiger partial charge in [-0.15, -0.1) is 0 Å². The third kappa shape index (κ3) is 1.50. The Bertz CT molecular complexity index is 256. The van der Waals surface area contributed by atoms with Crippen LogP contribution >= 0.6 is 0 Å². The molecule has 3 aliphatic rings. The van der Waals surface area contributed by atoms with Crippen molar-refractivity contribution in [3.63, 3.8) is 0 Å². The summed E-state index contributed by atoms with van der Waals surface area (Å²) >= 11 is 0. The molecule has 3 aliphatic carbocycles. The van der Waals surface area contributed by atoms with Crippen LogP contribution in [-0.4, -0.2) is 21.3 Å². The summed E-state index contributed by atoms with van der Waals surface area (Å²) in [7, 11) is -3.21. The molecule has 0 aliphatic heterocycles. The predicted octanol–water partition coefficient (Wildman–Crippen LogP) is 1.01. The van der Waals surface area contributed by atoms with Crippen molar-refractivity contribution in [3.05, 3.63) is 0 Å². The highest BCUT2D eigenvalue weighted by atomic mass is 32.2. The van der Waals surface area contributed by atoms with Gasteiger partial charge >= 0.3 is 0 Å². The molecule has 0 saturated heterocycles. The van der Waals surface area contributed by atoms with Gasteiger partial charge in [0.2, 0.25) is 0 Å². The van der Waals surface area contributed by atoms with Gasteiger partial charge in [0.25, 0.3) is 10.1 Å². The molecule has 4 heteroatoms. The van der Waals surface area contributed by atoms with Gasteiger partial charge in [0.15, 0.2) is 0 Å². The lowest BCUT2D eigenvalue weighted by atomic mass is 9.73. The van der Waals surface area contributed by atoms with Crippen molar-refractivity contribution >= 4 is 10.1 Å². The highest BCUT2D eigenvalue weighted by Crippen LogP contribution is 2.53. The second-order valence-corrected chi connectivity index (χ2v) is 5.63. The Morgan fingerprint density at radius 2 is 1.92 bits per heavy atom. The first kappa shape index (κ1) is 8.51. The van der Waals surface area contributed by atoms with Crippen LogP contribution in [0.5, 0.6) is 0 Å². The molecule has 0 aromatic heterocycles. The van der Waals surface area contributed by atoms with Crippen LogP contribution in [0.1, 0.15) is 19.3 Å². The van der Waals surface area contributed by atoms with E-state index in [9.17, 15) is 8.42 Å². The van der Waals surface area contributed by atoms with E-state index in [1.807, 2.05) is 0 Å². The van der Waals surface area contributed by atoms with Crippen LogP contribution in [0, 0.1) is 17.8 Å². The molecule has 2 bridgehead atoms. The minimum atomic E-state index is -3.21. The molecule has 0 radical (unpaired) electrons. The van der Waals surface area contributed by atoms with Gasteiger partial charge in [0.05, 0.1) is 12.9 Å². The molecule has 3 fully saturated rings. The zero-order valence-electron chi connectivity index (χ0n) is 7.19. The second-order valence-electron chi connectivity index (χ2n) is 3.99. The average Bonchev–Trinajstić information content (AvgIpc) is 2.40. The Kier molecular flexibility index (Phi) is 1.92. The zero-order chi connectivity index (χ0) is 8.77. The first-order chi connectivity index (χ1) is 5.56. The molecule has 0 aromatic carbocycles. The largest absolute Gasteiger partial charge is 0.270 e. The fourth-order valence-corrected chi connectivity index (χ4v) is 2.90. The van der Waals surface area contributed by atoms with Gasteiger partial charge in [0, 0.05) is 0 Å². The van der Waals surface area contributed by atoms with Crippen molar-refractivity contribution in [1.29, 1.82) is 0 Å². The fraction of sp³-hybridized carbons (Fsp3) is 1.00. The van der Waals surface area contributed by atoms with E-state index in [1.54, 1.807) is 0 Å². The molecule has 3 rings (SSSR count). The molecular weight excluding hydrogens is 176 g/mol. The molecule has 70 valence electrons. The lowest BCUT2D eigenvalue weighted by molar-refractivity contribution is 0.0928. The maximum absolute atomic E-state index is 10.7. The van der Waals surface area contributed by atoms with E-state index in [4.69, 9.17) is 4.18 Å². The Morgan fingerprint density at radius 3 is 2.33 bits per heavy atom. The molecule has 3 saturated carbocycles. The Morgan fingerprint density at radius 1 is 1.33 bits per heavy atom. The summed E-state index contributed by atoms with van der Waals surface area (Å²) in [4.78, 5) is 0. The van der Waals surface area contributed by atoms with Gasteiger partial charge in [-0.2, -0.15) is 8.42 Å². The Balaban J connectivity index is 1.82. The van der Waals surface area contributed by atoms with E-state index in [0.717, 1.165) is 18.1 Å². The quantitative estimate of drug-likeness (QED) is 0.624. The van der Waals surface area contributed by atoms with E-state index in [2.05, 4.69) is 0 Å². The van der Waals surface area contributed by atoms with E-state index >= 15 is 0 Å². The zero-order valence-corrected chi connectivity index (χ0v) is 8.01. The SMILES string of the molecule is CS(=O)(=O)OCC1C2CCC1C2. The van der Waals surface area contributed by atoms with Crippen LogP contribution in [0.15, 0.2) is 0 Å². The topological polar surface area (TPSA) is 43.4 Å². The Hall–Kier alpha value is -0.0900. The minimum Gasteiger partial charge on any atom is -0.270 e. The van der Waals surface area contributed by atoms with Gasteiger partial charge in [-0.25, -0.2) is 0 Å². The van der Waals surface area contributed by atoms with Crippen LogP contribution < -0.4 is 0 Å². The van der Waals surface area contributed by atoms with Crippen LogP contribution in [0.25, 0.3) is 0 Å². The summed E-state index contributed by atoms with van der Waals surface area (Å²) in [5.41, 5.74) is 0. The average molecular weight is 190 g/mol. The highest BCUT2D eigenvalue weighted by Gasteiger charge is 2.46. The molecule has 2 atom stereocenters. The molecule has 0 N–H and O–H groups in total. The summed E-state index contributed by atoms with van der Waals surface area (Å²) < 4.78 is 26.2. The maximum Gasteiger partial charge on any atom is 0.264 e. The van der Waals surface area contributed by atoms with Gasteiger partial charge in [0.1, 0.15) is 0 Å². The van der Waals surface area contributed by atoms with E-state index in [0.29, 0.717) is 12.5 Å². The third-order valence-electron chi connectivity index (χ3n) is 3.20. The minimum absolute atomic E-state index is 0.425. The standard InChI is InChI=1S/C8H14O3S/c1-12(9,10)11-5-8-6-2-3-7(8)4-6/h6-8H,2-5H2,1H3. The van der Waals surface area contributed by atoms with Crippen molar-refractivity contribution < 1.29 is 12.6 Å². The third-order valence-corrected chi connectivity index (χ3v) is 3.76. The van der Waals surface area contributed by atoms with Crippen molar-refractivity contribution in [3.8, 4) is 0 Å². The fourth-order valence-electron chi connectivity index (χ4n) is 2.49. The van der Waals surface area contributed by atoms with Crippen molar-refractivity contribution in [2.75, 3.05) is 12.9 Å². The van der Waals surface area contributed by atoms with E-state index < -0.39 is 10.1 Å². The summed E-state index contributed by atoms with van der Waals surface area (Å²) in [5, 5.41) is 0. The predicted molar refractivity (Wildman–Crippen MR) is 45.1 cm³/mol. The van der Waals surface area contributed by atoms with Gasteiger partial charge in [-0.3, -0.25) is 4.18 Å². The molecule has 0 heterocycles. The smallest absolute Gasteiger partial charge is 0.264 e. The summed E-state index contributed by atoms with van der Waals surface area (Å²) in [6, 6.07) is 0. The maximum atomic E-state index is 10.7.